The number of anilines is 1. The number of hydrogen-bond donors (Lipinski definition) is 0. The molecule has 0 amide bonds. The number of nitrogens with zero attached hydrogens (tertiary/aromatic N) is 1. The van der Waals surface area contributed by atoms with Gasteiger partial charge in [-0.3, -0.25) is 0 Å². The molecule has 0 aromatic heterocycles. The van der Waals surface area contributed by atoms with Gasteiger partial charge in [-0.05, 0) is 12.1 Å². The monoisotopic (exact) mass is 353 g/mol. The minimum atomic E-state index is -3.72. The van der Waals surface area contributed by atoms with Crippen LogP contribution < -0.4 is 4.90 Å². The van der Waals surface area contributed by atoms with Gasteiger partial charge < -0.3 is 4.90 Å². The van der Waals surface area contributed by atoms with Crippen LogP contribution in [0.5, 0.6) is 0 Å². The summed E-state index contributed by atoms with van der Waals surface area (Å²) in [7, 11) is 5.54. The first-order valence-corrected chi connectivity index (χ1v) is 8.96. The molecule has 0 aliphatic rings. The summed E-state index contributed by atoms with van der Waals surface area (Å²) in [5.74, 6) is 0. The maximum Gasteiger partial charge on any atom is 0.261 e. The average molecular weight is 355 g/mol. The predicted molar refractivity (Wildman–Crippen MR) is 87.9 cm³/mol. The summed E-state index contributed by atoms with van der Waals surface area (Å²) in [4.78, 5) is 2.09. The van der Waals surface area contributed by atoms with E-state index >= 15 is 0 Å². The zero-order valence-corrected chi connectivity index (χ0v) is 14.1. The van der Waals surface area contributed by atoms with Crippen molar-refractivity contribution in [1.82, 2.24) is 0 Å². The molecular weight excluding hydrogens is 341 g/mol. The Bertz CT molecular complexity index is 687. The smallest absolute Gasteiger partial charge is 0.261 e. The Hall–Kier alpha value is -0.680. The molecular formula is C13H14Cl3NO2S. The topological polar surface area (TPSA) is 37.4 Å². The molecule has 110 valence electrons. The average Bonchev–Trinajstić information content (AvgIpc) is 2.37. The molecule has 7 heteroatoms. The Kier molecular flexibility index (Phi) is 6.40. The van der Waals surface area contributed by atoms with Crippen molar-refractivity contribution >= 4 is 59.4 Å². The molecule has 0 aliphatic heterocycles. The van der Waals surface area contributed by atoms with E-state index in [1.807, 2.05) is 37.2 Å². The molecule has 0 heterocycles. The van der Waals surface area contributed by atoms with Gasteiger partial charge in [0.25, 0.3) is 9.05 Å². The van der Waals surface area contributed by atoms with Crippen molar-refractivity contribution in [3.05, 3.63) is 36.4 Å². The van der Waals surface area contributed by atoms with Gasteiger partial charge in [-0.2, -0.15) is 0 Å². The largest absolute Gasteiger partial charge is 0.377 e. The zero-order chi connectivity index (χ0) is 15.3. The standard InChI is InChI=1S/C12H12ClNO2S.CH2Cl2/c1-14(2)11-7-3-6-10-9(11)5-4-8-12(10)17(13,15)16;2-1-3/h3-8H,1-2H3;1H2. The van der Waals surface area contributed by atoms with E-state index in [1.165, 1.54) is 6.07 Å². The molecule has 20 heavy (non-hydrogen) atoms. The van der Waals surface area contributed by atoms with Crippen molar-refractivity contribution in [3.63, 3.8) is 0 Å². The van der Waals surface area contributed by atoms with Crippen LogP contribution in [-0.2, 0) is 9.05 Å². The van der Waals surface area contributed by atoms with Crippen LogP contribution in [0.1, 0.15) is 0 Å². The molecule has 2 aromatic carbocycles. The van der Waals surface area contributed by atoms with Crippen molar-refractivity contribution in [2.75, 3.05) is 24.3 Å². The van der Waals surface area contributed by atoms with Crippen LogP contribution in [-0.4, -0.2) is 27.9 Å². The molecule has 3 nitrogen and oxygen atoms in total. The van der Waals surface area contributed by atoms with Gasteiger partial charge in [0, 0.05) is 41.2 Å². The van der Waals surface area contributed by atoms with Crippen molar-refractivity contribution < 1.29 is 8.42 Å². The number of benzene rings is 2. The molecule has 0 bridgehead atoms. The Morgan fingerprint density at radius 3 is 2.00 bits per heavy atom. The highest BCUT2D eigenvalue weighted by molar-refractivity contribution is 8.14. The molecule has 0 fully saturated rings. The number of rotatable bonds is 2. The van der Waals surface area contributed by atoms with Gasteiger partial charge in [0.05, 0.1) is 10.2 Å². The van der Waals surface area contributed by atoms with Gasteiger partial charge in [-0.1, -0.05) is 24.3 Å². The third-order valence-corrected chi connectivity index (χ3v) is 3.98. The molecule has 0 aliphatic carbocycles. The van der Waals surface area contributed by atoms with Gasteiger partial charge in [0.15, 0.2) is 0 Å². The van der Waals surface area contributed by atoms with Crippen LogP contribution in [0.3, 0.4) is 0 Å². The lowest BCUT2D eigenvalue weighted by atomic mass is 10.1. The van der Waals surface area contributed by atoms with Crippen LogP contribution in [0.2, 0.25) is 0 Å². The van der Waals surface area contributed by atoms with Gasteiger partial charge in [-0.15, -0.1) is 23.2 Å². The number of fused-ring (bicyclic) bond motifs is 1. The maximum atomic E-state index is 11.5. The zero-order valence-electron chi connectivity index (χ0n) is 11.0. The highest BCUT2D eigenvalue weighted by atomic mass is 35.7. The highest BCUT2D eigenvalue weighted by Crippen LogP contribution is 2.31. The van der Waals surface area contributed by atoms with Crippen molar-refractivity contribution in [1.29, 1.82) is 0 Å². The second-order valence-electron chi connectivity index (χ2n) is 4.06. The van der Waals surface area contributed by atoms with E-state index < -0.39 is 9.05 Å². The molecule has 2 rings (SSSR count). The lowest BCUT2D eigenvalue weighted by molar-refractivity contribution is 0.610. The second kappa shape index (κ2) is 7.36. The van der Waals surface area contributed by atoms with Crippen LogP contribution in [0.25, 0.3) is 10.8 Å². The molecule has 0 saturated carbocycles. The Morgan fingerprint density at radius 2 is 1.50 bits per heavy atom. The highest BCUT2D eigenvalue weighted by Gasteiger charge is 2.15. The third kappa shape index (κ3) is 4.16. The van der Waals surface area contributed by atoms with E-state index in [9.17, 15) is 8.42 Å². The summed E-state index contributed by atoms with van der Waals surface area (Å²) >= 11 is 9.53. The minimum absolute atomic E-state index is 0.153. The van der Waals surface area contributed by atoms with Crippen LogP contribution in [0.15, 0.2) is 41.3 Å². The fourth-order valence-corrected chi connectivity index (χ4v) is 2.95. The Balaban J connectivity index is 0.000000612. The first-order valence-electron chi connectivity index (χ1n) is 5.58. The van der Waals surface area contributed by atoms with Crippen LogP contribution in [0.4, 0.5) is 5.69 Å². The summed E-state index contributed by atoms with van der Waals surface area (Å²) in [6.07, 6.45) is 0. The van der Waals surface area contributed by atoms with E-state index in [2.05, 4.69) is 0 Å². The lowest BCUT2D eigenvalue weighted by Crippen LogP contribution is -2.09. The van der Waals surface area contributed by atoms with Crippen molar-refractivity contribution in [3.8, 4) is 0 Å². The molecule has 0 radical (unpaired) electrons. The lowest BCUT2D eigenvalue weighted by Gasteiger charge is -2.16. The third-order valence-electron chi connectivity index (χ3n) is 2.60. The van der Waals surface area contributed by atoms with Crippen LogP contribution in [0, 0.1) is 0 Å². The van der Waals surface area contributed by atoms with E-state index in [1.54, 1.807) is 12.1 Å². The predicted octanol–water partition coefficient (Wildman–Crippen LogP) is 4.25. The first kappa shape index (κ1) is 17.4. The fraction of sp³-hybridized carbons (Fsp3) is 0.231. The molecule has 0 saturated heterocycles. The summed E-state index contributed by atoms with van der Waals surface area (Å²) in [5.41, 5.74) is 0.963. The summed E-state index contributed by atoms with van der Waals surface area (Å²) in [6.45, 7) is 0. The normalized spacial score (nSPS) is 10.8. The quantitative estimate of drug-likeness (QED) is 0.597. The van der Waals surface area contributed by atoms with Crippen molar-refractivity contribution in [2.45, 2.75) is 4.90 Å². The Morgan fingerprint density at radius 1 is 1.00 bits per heavy atom. The summed E-state index contributed by atoms with van der Waals surface area (Å²) < 4.78 is 23.0. The SMILES string of the molecule is CN(C)c1cccc2c(S(=O)(=O)Cl)cccc12.ClCCl. The van der Waals surface area contributed by atoms with Gasteiger partial charge in [0.2, 0.25) is 0 Å². The van der Waals surface area contributed by atoms with E-state index in [4.69, 9.17) is 33.9 Å². The van der Waals surface area contributed by atoms with Crippen LogP contribution >= 0.6 is 33.9 Å². The fourth-order valence-electron chi connectivity index (χ4n) is 1.87. The minimum Gasteiger partial charge on any atom is -0.377 e. The second-order valence-corrected chi connectivity index (χ2v) is 7.40. The van der Waals surface area contributed by atoms with E-state index in [0.29, 0.717) is 5.39 Å². The number of halogens is 3. The molecule has 0 atom stereocenters. The Labute approximate surface area is 133 Å². The maximum absolute atomic E-state index is 11.5. The van der Waals surface area contributed by atoms with Gasteiger partial charge in [-0.25, -0.2) is 8.42 Å². The molecule has 2 aromatic rings. The first-order chi connectivity index (χ1) is 9.32. The summed E-state index contributed by atoms with van der Waals surface area (Å²) in [5, 5.41) is 1.72. The molecule has 0 spiro atoms. The number of hydrogen-bond acceptors (Lipinski definition) is 3. The van der Waals surface area contributed by atoms with E-state index in [0.717, 1.165) is 11.1 Å². The molecule has 0 N–H and O–H groups in total. The summed E-state index contributed by atoms with van der Waals surface area (Å²) in [6, 6.07) is 10.6. The van der Waals surface area contributed by atoms with Gasteiger partial charge >= 0.3 is 0 Å². The van der Waals surface area contributed by atoms with Crippen molar-refractivity contribution in [2.24, 2.45) is 0 Å². The number of alkyl halides is 2. The van der Waals surface area contributed by atoms with E-state index in [-0.39, 0.29) is 10.2 Å². The van der Waals surface area contributed by atoms with Gasteiger partial charge in [0.1, 0.15) is 0 Å². The molecule has 0 unspecified atom stereocenters.